The second-order valence-corrected chi connectivity index (χ2v) is 2.81. The third-order valence-electron chi connectivity index (χ3n) is 1.86. The van der Waals surface area contributed by atoms with Gasteiger partial charge < -0.3 is 0 Å². The summed E-state index contributed by atoms with van der Waals surface area (Å²) in [4.78, 5) is 8.43. The lowest BCUT2D eigenvalue weighted by Crippen LogP contribution is -1.88. The maximum atomic E-state index is 7.49. The van der Waals surface area contributed by atoms with Gasteiger partial charge in [0.2, 0.25) is 0 Å². The lowest BCUT2D eigenvalue weighted by Gasteiger charge is -2.01. The van der Waals surface area contributed by atoms with Crippen LogP contribution in [0.4, 0.5) is 0 Å². The molecule has 64 valence electrons. The monoisotopic (exact) mass is 171 g/mol. The highest BCUT2D eigenvalue weighted by Gasteiger charge is 2.01. The number of aromatic nitrogens is 2. The van der Waals surface area contributed by atoms with Crippen molar-refractivity contribution in [3.63, 3.8) is 0 Å². The summed E-state index contributed by atoms with van der Waals surface area (Å²) in [6.45, 7) is 1.99. The summed E-state index contributed by atoms with van der Waals surface area (Å²) in [7, 11) is 0. The number of aryl methyl sites for hydroxylation is 1. The predicted octanol–water partition coefficient (Wildman–Crippen LogP) is 2.45. The van der Waals surface area contributed by atoms with Gasteiger partial charge in [-0.2, -0.15) is 0 Å². The van der Waals surface area contributed by atoms with Gasteiger partial charge in [-0.15, -0.1) is 0 Å². The summed E-state index contributed by atoms with van der Waals surface area (Å²) in [5.74, 6) is 0. The van der Waals surface area contributed by atoms with Crippen LogP contribution in [0.15, 0.2) is 42.7 Å². The highest BCUT2D eigenvalue weighted by molar-refractivity contribution is 5.57. The van der Waals surface area contributed by atoms with Gasteiger partial charge in [0.25, 0.3) is 0 Å². The average Bonchev–Trinajstić information content (AvgIpc) is 2.18. The fourth-order valence-electron chi connectivity index (χ4n) is 1.21. The predicted molar refractivity (Wildman–Crippen MR) is 52.2 cm³/mol. The van der Waals surface area contributed by atoms with E-state index in [1.807, 2.05) is 19.1 Å². The van der Waals surface area contributed by atoms with Crippen molar-refractivity contribution in [1.82, 2.24) is 9.97 Å². The molecular formula is C11H10N2. The maximum Gasteiger partial charge on any atom is 0.0915 e. The van der Waals surface area contributed by atoms with Crippen LogP contribution in [0.5, 0.6) is 0 Å². The van der Waals surface area contributed by atoms with Crippen molar-refractivity contribution in [2.45, 2.75) is 6.92 Å². The fourth-order valence-corrected chi connectivity index (χ4v) is 1.21. The van der Waals surface area contributed by atoms with E-state index in [-0.39, 0.29) is 0 Å². The third-order valence-corrected chi connectivity index (χ3v) is 1.86. The van der Waals surface area contributed by atoms with Crippen molar-refractivity contribution >= 4 is 0 Å². The molecule has 0 bridgehead atoms. The molecule has 2 heterocycles. The van der Waals surface area contributed by atoms with Crippen molar-refractivity contribution in [3.8, 4) is 11.4 Å². The summed E-state index contributed by atoms with van der Waals surface area (Å²) in [6.07, 6.45) is 3.37. The number of hydrogen-bond acceptors (Lipinski definition) is 2. The van der Waals surface area contributed by atoms with Crippen LogP contribution in [0.1, 0.15) is 6.93 Å². The molecule has 0 spiro atoms. The van der Waals surface area contributed by atoms with Crippen molar-refractivity contribution in [1.29, 1.82) is 0 Å². The van der Waals surface area contributed by atoms with Gasteiger partial charge in [0, 0.05) is 12.4 Å². The molecule has 0 aliphatic rings. The molecule has 0 saturated heterocycles. The molecular weight excluding hydrogens is 160 g/mol. The van der Waals surface area contributed by atoms with Crippen LogP contribution in [-0.4, -0.2) is 9.97 Å². The Morgan fingerprint density at radius 3 is 2.77 bits per heavy atom. The Morgan fingerprint density at radius 2 is 2.00 bits per heavy atom. The zero-order valence-electron chi connectivity index (χ0n) is 8.36. The molecule has 0 radical (unpaired) electrons. The van der Waals surface area contributed by atoms with Crippen molar-refractivity contribution in [2.75, 3.05) is 0 Å². The first kappa shape index (κ1) is 6.78. The second-order valence-electron chi connectivity index (χ2n) is 2.81. The lowest BCUT2D eigenvalue weighted by atomic mass is 10.1. The molecule has 2 rings (SSSR count). The molecule has 0 atom stereocenters. The molecule has 0 unspecified atom stereocenters. The minimum atomic E-state index is 0.458. The molecule has 2 nitrogen and oxygen atoms in total. The number of rotatable bonds is 1. The second kappa shape index (κ2) is 3.35. The minimum absolute atomic E-state index is 0.458. The molecule has 0 aliphatic heterocycles. The van der Waals surface area contributed by atoms with Gasteiger partial charge in [-0.05, 0) is 30.7 Å². The summed E-state index contributed by atoms with van der Waals surface area (Å²) in [5.41, 5.74) is 2.68. The first-order chi connectivity index (χ1) is 6.77. The highest BCUT2D eigenvalue weighted by Crippen LogP contribution is 2.16. The van der Waals surface area contributed by atoms with Crippen LogP contribution in [0.25, 0.3) is 11.4 Å². The van der Waals surface area contributed by atoms with Crippen molar-refractivity contribution < 1.29 is 1.37 Å². The Labute approximate surface area is 78.7 Å². The van der Waals surface area contributed by atoms with Gasteiger partial charge in [0.15, 0.2) is 0 Å². The van der Waals surface area contributed by atoms with Crippen LogP contribution in [0.2, 0.25) is 0 Å². The molecule has 0 aromatic carbocycles. The molecule has 2 aromatic rings. The van der Waals surface area contributed by atoms with Gasteiger partial charge >= 0.3 is 0 Å². The average molecular weight is 171 g/mol. The number of nitrogens with zero attached hydrogens (tertiary/aromatic N) is 2. The first-order valence-electron chi connectivity index (χ1n) is 4.62. The standard InChI is InChI=1S/C11H10N2/c1-9-5-4-8-13-11(9)10-6-2-3-7-12-10/h2-8H,1H3/i2D. The van der Waals surface area contributed by atoms with Crippen molar-refractivity contribution in [3.05, 3.63) is 48.3 Å². The van der Waals surface area contributed by atoms with Gasteiger partial charge in [0.05, 0.1) is 12.8 Å². The summed E-state index contributed by atoms with van der Waals surface area (Å²) in [6, 6.07) is 7.71. The Balaban J connectivity index is 2.55. The molecule has 2 heteroatoms. The Kier molecular flexibility index (Phi) is 1.75. The van der Waals surface area contributed by atoms with E-state index in [0.717, 1.165) is 17.0 Å². The number of pyridine rings is 2. The van der Waals surface area contributed by atoms with Gasteiger partial charge in [0.1, 0.15) is 0 Å². The molecule has 0 amide bonds. The maximum absolute atomic E-state index is 7.49. The molecule has 0 fully saturated rings. The van der Waals surface area contributed by atoms with Gasteiger partial charge in [-0.1, -0.05) is 12.1 Å². The largest absolute Gasteiger partial charge is 0.255 e. The van der Waals surface area contributed by atoms with E-state index in [1.165, 1.54) is 0 Å². The minimum Gasteiger partial charge on any atom is -0.255 e. The lowest BCUT2D eigenvalue weighted by molar-refractivity contribution is 1.21. The van der Waals surface area contributed by atoms with E-state index in [2.05, 4.69) is 9.97 Å². The molecule has 0 aliphatic carbocycles. The fraction of sp³-hybridized carbons (Fsp3) is 0.0909. The van der Waals surface area contributed by atoms with E-state index in [0.29, 0.717) is 6.04 Å². The quantitative estimate of drug-likeness (QED) is 0.658. The van der Waals surface area contributed by atoms with E-state index in [1.54, 1.807) is 24.5 Å². The Morgan fingerprint density at radius 1 is 1.15 bits per heavy atom. The van der Waals surface area contributed by atoms with Crippen LogP contribution in [0.3, 0.4) is 0 Å². The highest BCUT2D eigenvalue weighted by atomic mass is 14.8. The number of hydrogen-bond donors (Lipinski definition) is 0. The SMILES string of the molecule is [2H]c1ccnc(-c2ncccc2C)c1. The van der Waals surface area contributed by atoms with E-state index in [9.17, 15) is 0 Å². The molecule has 0 N–H and O–H groups in total. The normalized spacial score (nSPS) is 11.0. The van der Waals surface area contributed by atoms with Crippen LogP contribution < -0.4 is 0 Å². The smallest absolute Gasteiger partial charge is 0.0915 e. The van der Waals surface area contributed by atoms with Gasteiger partial charge in [-0.25, -0.2) is 0 Å². The zero-order valence-corrected chi connectivity index (χ0v) is 7.36. The summed E-state index contributed by atoms with van der Waals surface area (Å²) >= 11 is 0. The third kappa shape index (κ3) is 1.56. The Hall–Kier alpha value is -1.70. The Bertz CT molecular complexity index is 455. The van der Waals surface area contributed by atoms with Crippen LogP contribution in [-0.2, 0) is 0 Å². The van der Waals surface area contributed by atoms with Crippen LogP contribution >= 0.6 is 0 Å². The van der Waals surface area contributed by atoms with Crippen molar-refractivity contribution in [2.24, 2.45) is 0 Å². The summed E-state index contributed by atoms with van der Waals surface area (Å²) in [5, 5.41) is 0. The molecule has 2 aromatic heterocycles. The topological polar surface area (TPSA) is 25.8 Å². The van der Waals surface area contributed by atoms with Crippen LogP contribution in [0, 0.1) is 6.92 Å². The first-order valence-corrected chi connectivity index (χ1v) is 4.12. The molecule has 13 heavy (non-hydrogen) atoms. The summed E-state index contributed by atoms with van der Waals surface area (Å²) < 4.78 is 7.49. The van der Waals surface area contributed by atoms with Gasteiger partial charge in [-0.3, -0.25) is 9.97 Å². The van der Waals surface area contributed by atoms with E-state index >= 15 is 0 Å². The van der Waals surface area contributed by atoms with E-state index < -0.39 is 0 Å². The molecule has 0 saturated carbocycles. The van der Waals surface area contributed by atoms with E-state index in [4.69, 9.17) is 1.37 Å². The zero-order chi connectivity index (χ0) is 9.97.